The van der Waals surface area contributed by atoms with E-state index in [0.717, 1.165) is 44.2 Å². The molecular formula is C20H31N5O3S. The van der Waals surface area contributed by atoms with Gasteiger partial charge in [-0.3, -0.25) is 9.79 Å². The third-order valence-corrected chi connectivity index (χ3v) is 6.62. The molecule has 9 heteroatoms. The van der Waals surface area contributed by atoms with E-state index in [0.29, 0.717) is 25.0 Å². The molecule has 1 atom stereocenters. The zero-order valence-electron chi connectivity index (χ0n) is 16.9. The third-order valence-electron chi connectivity index (χ3n) is 5.71. The number of nitrogens with two attached hydrogens (primary N) is 1. The second-order valence-corrected chi connectivity index (χ2v) is 9.43. The monoisotopic (exact) mass is 421 g/mol. The second kappa shape index (κ2) is 9.58. The predicted molar refractivity (Wildman–Crippen MR) is 113 cm³/mol. The molecule has 1 aromatic carbocycles. The summed E-state index contributed by atoms with van der Waals surface area (Å²) in [4.78, 5) is 19.0. The molecule has 29 heavy (non-hydrogen) atoms. The number of likely N-dealkylation sites (tertiary alicyclic amines) is 1. The van der Waals surface area contributed by atoms with E-state index in [1.807, 2.05) is 11.0 Å². The van der Waals surface area contributed by atoms with Crippen LogP contribution in [0.3, 0.4) is 0 Å². The van der Waals surface area contributed by atoms with Gasteiger partial charge in [0.2, 0.25) is 15.9 Å². The van der Waals surface area contributed by atoms with Gasteiger partial charge in [-0.05, 0) is 37.0 Å². The molecule has 0 aromatic heterocycles. The number of hydrogen-bond acceptors (Lipinski definition) is 4. The van der Waals surface area contributed by atoms with Crippen molar-refractivity contribution in [2.75, 3.05) is 20.1 Å². The minimum Gasteiger partial charge on any atom is -0.352 e. The van der Waals surface area contributed by atoms with Crippen molar-refractivity contribution in [1.29, 1.82) is 0 Å². The summed E-state index contributed by atoms with van der Waals surface area (Å²) in [5, 5.41) is 11.8. The molecule has 160 valence electrons. The Hall–Kier alpha value is -2.13. The fourth-order valence-corrected chi connectivity index (χ4v) is 4.68. The Morgan fingerprint density at radius 2 is 2.00 bits per heavy atom. The third kappa shape index (κ3) is 5.93. The average molecular weight is 422 g/mol. The van der Waals surface area contributed by atoms with Gasteiger partial charge in [-0.1, -0.05) is 31.4 Å². The number of nitrogens with one attached hydrogen (secondary N) is 2. The maximum Gasteiger partial charge on any atom is 0.238 e. The number of guanidine groups is 1. The smallest absolute Gasteiger partial charge is 0.238 e. The van der Waals surface area contributed by atoms with Gasteiger partial charge in [0, 0.05) is 38.6 Å². The van der Waals surface area contributed by atoms with Crippen molar-refractivity contribution >= 4 is 21.9 Å². The molecule has 3 rings (SSSR count). The summed E-state index contributed by atoms with van der Waals surface area (Å²) >= 11 is 0. The van der Waals surface area contributed by atoms with Gasteiger partial charge >= 0.3 is 0 Å². The van der Waals surface area contributed by atoms with Gasteiger partial charge in [0.15, 0.2) is 5.96 Å². The van der Waals surface area contributed by atoms with Crippen LogP contribution in [0.2, 0.25) is 0 Å². The molecule has 0 radical (unpaired) electrons. The molecular weight excluding hydrogens is 390 g/mol. The molecule has 1 unspecified atom stereocenters. The highest BCUT2D eigenvalue weighted by atomic mass is 32.2. The molecule has 0 bridgehead atoms. The first-order valence-electron chi connectivity index (χ1n) is 10.2. The molecule has 1 heterocycles. The molecule has 1 aliphatic heterocycles. The minimum atomic E-state index is -3.72. The predicted octanol–water partition coefficient (Wildman–Crippen LogP) is 1.18. The topological polar surface area (TPSA) is 117 Å². The number of hydrogen-bond donors (Lipinski definition) is 3. The van der Waals surface area contributed by atoms with E-state index in [2.05, 4.69) is 15.6 Å². The number of amides is 1. The number of rotatable bonds is 5. The Labute approximate surface area is 173 Å². The number of primary sulfonamides is 1. The van der Waals surface area contributed by atoms with E-state index in [1.54, 1.807) is 19.2 Å². The highest BCUT2D eigenvalue weighted by molar-refractivity contribution is 7.89. The van der Waals surface area contributed by atoms with Gasteiger partial charge in [-0.15, -0.1) is 0 Å². The number of carbonyl (C=O) groups excluding carboxylic acids is 1. The summed E-state index contributed by atoms with van der Waals surface area (Å²) in [7, 11) is -2.03. The lowest BCUT2D eigenvalue weighted by Crippen LogP contribution is -2.45. The van der Waals surface area contributed by atoms with Gasteiger partial charge in [-0.2, -0.15) is 0 Å². The zero-order chi connectivity index (χ0) is 20.9. The van der Waals surface area contributed by atoms with Crippen LogP contribution in [-0.2, 0) is 21.4 Å². The molecule has 1 amide bonds. The Balaban J connectivity index is 1.50. The normalized spacial score (nSPS) is 21.2. The summed E-state index contributed by atoms with van der Waals surface area (Å²) < 4.78 is 23.0. The Morgan fingerprint density at radius 1 is 1.24 bits per heavy atom. The standard InChI is InChI=1S/C20H31N5O3S/c1-22-20(23-13-15-6-5-9-18(12-15)29(21,27)28)24-17-10-11-25(14-17)19(26)16-7-3-2-4-8-16/h5-6,9,12,16-17H,2-4,7-8,10-11,13-14H2,1H3,(H2,21,27,28)(H2,22,23,24). The Morgan fingerprint density at radius 3 is 2.69 bits per heavy atom. The first-order valence-corrected chi connectivity index (χ1v) is 11.8. The molecule has 1 saturated carbocycles. The van der Waals surface area contributed by atoms with Crippen LogP contribution >= 0.6 is 0 Å². The summed E-state index contributed by atoms with van der Waals surface area (Å²) in [6.45, 7) is 1.89. The van der Waals surface area contributed by atoms with Crippen molar-refractivity contribution < 1.29 is 13.2 Å². The van der Waals surface area contributed by atoms with Crippen LogP contribution in [0.1, 0.15) is 44.1 Å². The quantitative estimate of drug-likeness (QED) is 0.488. The first kappa shape index (κ1) is 21.6. The summed E-state index contributed by atoms with van der Waals surface area (Å²) in [6.07, 6.45) is 6.50. The second-order valence-electron chi connectivity index (χ2n) is 7.87. The van der Waals surface area contributed by atoms with E-state index < -0.39 is 10.0 Å². The van der Waals surface area contributed by atoms with Gasteiger partial charge in [0.05, 0.1) is 4.90 Å². The molecule has 2 fully saturated rings. The largest absolute Gasteiger partial charge is 0.352 e. The van der Waals surface area contributed by atoms with Crippen LogP contribution in [0, 0.1) is 5.92 Å². The maximum absolute atomic E-state index is 12.7. The van der Waals surface area contributed by atoms with E-state index in [1.165, 1.54) is 12.5 Å². The number of aliphatic imine (C=N–C) groups is 1. The van der Waals surface area contributed by atoms with Crippen LogP contribution in [0.15, 0.2) is 34.2 Å². The number of carbonyl (C=O) groups is 1. The van der Waals surface area contributed by atoms with E-state index in [-0.39, 0.29) is 16.9 Å². The van der Waals surface area contributed by atoms with Gasteiger partial charge in [0.25, 0.3) is 0 Å². The van der Waals surface area contributed by atoms with Crippen molar-refractivity contribution in [2.24, 2.45) is 16.0 Å². The van der Waals surface area contributed by atoms with E-state index in [4.69, 9.17) is 5.14 Å². The lowest BCUT2D eigenvalue weighted by Gasteiger charge is -2.26. The highest BCUT2D eigenvalue weighted by Gasteiger charge is 2.31. The molecule has 1 aromatic rings. The highest BCUT2D eigenvalue weighted by Crippen LogP contribution is 2.26. The Kier molecular flexibility index (Phi) is 7.13. The van der Waals surface area contributed by atoms with Crippen LogP contribution in [-0.4, -0.2) is 51.4 Å². The average Bonchev–Trinajstić information content (AvgIpc) is 3.19. The number of nitrogens with zero attached hydrogens (tertiary/aromatic N) is 2. The summed E-state index contributed by atoms with van der Waals surface area (Å²) in [6, 6.07) is 6.68. The van der Waals surface area contributed by atoms with Crippen molar-refractivity contribution in [1.82, 2.24) is 15.5 Å². The molecule has 2 aliphatic rings. The van der Waals surface area contributed by atoms with Gasteiger partial charge in [0.1, 0.15) is 0 Å². The summed E-state index contributed by atoms with van der Waals surface area (Å²) in [5.41, 5.74) is 0.792. The molecule has 1 saturated heterocycles. The van der Waals surface area contributed by atoms with Crippen molar-refractivity contribution in [2.45, 2.75) is 56.0 Å². The van der Waals surface area contributed by atoms with E-state index in [9.17, 15) is 13.2 Å². The van der Waals surface area contributed by atoms with Gasteiger partial charge in [-0.25, -0.2) is 13.6 Å². The fourth-order valence-electron chi connectivity index (χ4n) is 4.09. The minimum absolute atomic E-state index is 0.0902. The molecule has 4 N–H and O–H groups in total. The lowest BCUT2D eigenvalue weighted by atomic mass is 9.88. The lowest BCUT2D eigenvalue weighted by molar-refractivity contribution is -0.135. The van der Waals surface area contributed by atoms with Crippen LogP contribution in [0.25, 0.3) is 0 Å². The molecule has 0 spiro atoms. The van der Waals surface area contributed by atoms with Crippen molar-refractivity contribution in [3.63, 3.8) is 0 Å². The van der Waals surface area contributed by atoms with Crippen LogP contribution < -0.4 is 15.8 Å². The number of sulfonamides is 1. The van der Waals surface area contributed by atoms with Crippen molar-refractivity contribution in [3.8, 4) is 0 Å². The first-order chi connectivity index (χ1) is 13.9. The van der Waals surface area contributed by atoms with E-state index >= 15 is 0 Å². The Bertz CT molecular complexity index is 849. The maximum atomic E-state index is 12.7. The summed E-state index contributed by atoms with van der Waals surface area (Å²) in [5.74, 6) is 1.13. The SMILES string of the molecule is CN=C(NCc1cccc(S(N)(=O)=O)c1)NC1CCN(C(=O)C2CCCCC2)C1. The number of benzene rings is 1. The molecule has 8 nitrogen and oxygen atoms in total. The van der Waals surface area contributed by atoms with Crippen LogP contribution in [0.4, 0.5) is 0 Å². The molecule has 1 aliphatic carbocycles. The zero-order valence-corrected chi connectivity index (χ0v) is 17.7. The van der Waals surface area contributed by atoms with Gasteiger partial charge < -0.3 is 15.5 Å². The van der Waals surface area contributed by atoms with Crippen LogP contribution in [0.5, 0.6) is 0 Å². The van der Waals surface area contributed by atoms with Crippen molar-refractivity contribution in [3.05, 3.63) is 29.8 Å². The fraction of sp³-hybridized carbons (Fsp3) is 0.600.